The van der Waals surface area contributed by atoms with E-state index in [0.29, 0.717) is 11.7 Å². The minimum absolute atomic E-state index is 0.531. The average Bonchev–Trinajstić information content (AvgIpc) is 2.61. The molecule has 0 aliphatic heterocycles. The normalized spacial score (nSPS) is 10.9. The van der Waals surface area contributed by atoms with Gasteiger partial charge in [-0.25, -0.2) is 9.97 Å². The Morgan fingerprint density at radius 3 is 2.62 bits per heavy atom. The first kappa shape index (κ1) is 10.6. The molecular weight excluding hydrogens is 202 g/mol. The largest absolute Gasteiger partial charge is 0.382 e. The molecule has 0 spiro atoms. The van der Waals surface area contributed by atoms with E-state index in [1.165, 1.54) is 6.33 Å². The van der Waals surface area contributed by atoms with Crippen molar-refractivity contribution >= 4 is 5.82 Å². The first-order valence-corrected chi connectivity index (χ1v) is 5.26. The molecule has 0 aliphatic carbocycles. The van der Waals surface area contributed by atoms with E-state index in [9.17, 15) is 0 Å². The lowest BCUT2D eigenvalue weighted by molar-refractivity contribution is 0.649. The van der Waals surface area contributed by atoms with E-state index < -0.39 is 0 Å². The van der Waals surface area contributed by atoms with Crippen molar-refractivity contribution in [2.75, 3.05) is 5.73 Å². The Bertz CT molecular complexity index is 460. The van der Waals surface area contributed by atoms with Crippen molar-refractivity contribution in [3.63, 3.8) is 0 Å². The molecule has 3 N–H and O–H groups in total. The maximum Gasteiger partial charge on any atom is 0.149 e. The minimum Gasteiger partial charge on any atom is -0.382 e. The second-order valence-electron chi connectivity index (χ2n) is 4.19. The van der Waals surface area contributed by atoms with Crippen LogP contribution < -0.4 is 5.73 Å². The summed E-state index contributed by atoms with van der Waals surface area (Å²) in [6.45, 7) is 4.30. The van der Waals surface area contributed by atoms with Gasteiger partial charge in [0.1, 0.15) is 12.1 Å². The van der Waals surface area contributed by atoms with Gasteiger partial charge in [0.15, 0.2) is 0 Å². The standard InChI is InChI=1S/C11H15N5/c1-7(2)3-9-10(15-16-11(9)12)8-4-13-6-14-5-8/h4-7H,3H2,1-2H3,(H3,12,15,16). The van der Waals surface area contributed by atoms with Crippen LogP contribution in [0.15, 0.2) is 18.7 Å². The van der Waals surface area contributed by atoms with Gasteiger partial charge in [-0.2, -0.15) is 5.10 Å². The van der Waals surface area contributed by atoms with Gasteiger partial charge in [0.25, 0.3) is 0 Å². The van der Waals surface area contributed by atoms with Gasteiger partial charge >= 0.3 is 0 Å². The Kier molecular flexibility index (Phi) is 2.85. The van der Waals surface area contributed by atoms with Crippen LogP contribution in [-0.4, -0.2) is 20.2 Å². The van der Waals surface area contributed by atoms with Gasteiger partial charge in [-0.1, -0.05) is 13.8 Å². The van der Waals surface area contributed by atoms with Crippen molar-refractivity contribution in [1.29, 1.82) is 0 Å². The Morgan fingerprint density at radius 1 is 1.31 bits per heavy atom. The number of nitrogens with one attached hydrogen (secondary N) is 1. The lowest BCUT2D eigenvalue weighted by atomic mass is 10.0. The fraction of sp³-hybridized carbons (Fsp3) is 0.364. The summed E-state index contributed by atoms with van der Waals surface area (Å²) in [7, 11) is 0. The molecule has 5 heteroatoms. The third kappa shape index (κ3) is 2.03. The zero-order valence-electron chi connectivity index (χ0n) is 9.44. The molecule has 0 fully saturated rings. The zero-order valence-corrected chi connectivity index (χ0v) is 9.44. The van der Waals surface area contributed by atoms with Crippen LogP contribution >= 0.6 is 0 Å². The number of hydrogen-bond acceptors (Lipinski definition) is 4. The minimum atomic E-state index is 0.531. The molecule has 2 rings (SSSR count). The highest BCUT2D eigenvalue weighted by Gasteiger charge is 2.13. The molecule has 2 aromatic heterocycles. The molecule has 2 aromatic rings. The van der Waals surface area contributed by atoms with Crippen LogP contribution in [0, 0.1) is 5.92 Å². The van der Waals surface area contributed by atoms with E-state index >= 15 is 0 Å². The number of nitrogens with zero attached hydrogens (tertiary/aromatic N) is 3. The fourth-order valence-electron chi connectivity index (χ4n) is 1.66. The topological polar surface area (TPSA) is 80.5 Å². The second kappa shape index (κ2) is 4.30. The summed E-state index contributed by atoms with van der Waals surface area (Å²) in [5.41, 5.74) is 8.73. The van der Waals surface area contributed by atoms with E-state index in [4.69, 9.17) is 5.73 Å². The van der Waals surface area contributed by atoms with Crippen LogP contribution in [0.2, 0.25) is 0 Å². The maximum atomic E-state index is 5.84. The Morgan fingerprint density at radius 2 is 2.00 bits per heavy atom. The van der Waals surface area contributed by atoms with Crippen LogP contribution in [-0.2, 0) is 6.42 Å². The quantitative estimate of drug-likeness (QED) is 0.819. The van der Waals surface area contributed by atoms with Crippen molar-refractivity contribution in [3.8, 4) is 11.3 Å². The molecule has 84 valence electrons. The van der Waals surface area contributed by atoms with Crippen molar-refractivity contribution < 1.29 is 0 Å². The number of rotatable bonds is 3. The van der Waals surface area contributed by atoms with Crippen LogP contribution in [0.5, 0.6) is 0 Å². The van der Waals surface area contributed by atoms with Gasteiger partial charge in [-0.05, 0) is 12.3 Å². The summed E-state index contributed by atoms with van der Waals surface area (Å²) < 4.78 is 0. The molecule has 0 unspecified atom stereocenters. The average molecular weight is 217 g/mol. The predicted molar refractivity (Wildman–Crippen MR) is 62.6 cm³/mol. The zero-order chi connectivity index (χ0) is 11.5. The van der Waals surface area contributed by atoms with Crippen molar-refractivity contribution in [1.82, 2.24) is 20.2 Å². The van der Waals surface area contributed by atoms with Crippen molar-refractivity contribution in [2.24, 2.45) is 5.92 Å². The SMILES string of the molecule is CC(C)Cc1c(N)n[nH]c1-c1cncnc1. The third-order valence-corrected chi connectivity index (χ3v) is 2.36. The third-order valence-electron chi connectivity index (χ3n) is 2.36. The second-order valence-corrected chi connectivity index (χ2v) is 4.19. The van der Waals surface area contributed by atoms with Gasteiger partial charge in [0.2, 0.25) is 0 Å². The molecule has 16 heavy (non-hydrogen) atoms. The predicted octanol–water partition coefficient (Wildman–Crippen LogP) is 1.65. The molecule has 0 radical (unpaired) electrons. The van der Waals surface area contributed by atoms with Crippen LogP contribution in [0.4, 0.5) is 5.82 Å². The summed E-state index contributed by atoms with van der Waals surface area (Å²) >= 11 is 0. The van der Waals surface area contributed by atoms with Gasteiger partial charge in [0, 0.05) is 23.5 Å². The monoisotopic (exact) mass is 217 g/mol. The Balaban J connectivity index is 2.42. The smallest absolute Gasteiger partial charge is 0.149 e. The number of aromatic nitrogens is 4. The number of H-pyrrole nitrogens is 1. The highest BCUT2D eigenvalue weighted by atomic mass is 15.2. The summed E-state index contributed by atoms with van der Waals surface area (Å²) in [6.07, 6.45) is 5.91. The molecule has 2 heterocycles. The first-order chi connectivity index (χ1) is 7.68. The van der Waals surface area contributed by atoms with Crippen LogP contribution in [0.3, 0.4) is 0 Å². The number of nitrogen functional groups attached to an aromatic ring is 1. The highest BCUT2D eigenvalue weighted by molar-refractivity contribution is 5.66. The van der Waals surface area contributed by atoms with Gasteiger partial charge < -0.3 is 5.73 Å². The molecule has 0 saturated heterocycles. The van der Waals surface area contributed by atoms with Gasteiger partial charge in [0.05, 0.1) is 5.69 Å². The molecule has 0 aromatic carbocycles. The Labute approximate surface area is 94.1 Å². The van der Waals surface area contributed by atoms with Gasteiger partial charge in [-0.15, -0.1) is 0 Å². The number of anilines is 1. The lowest BCUT2D eigenvalue weighted by Crippen LogP contribution is -1.99. The maximum absolute atomic E-state index is 5.84. The first-order valence-electron chi connectivity index (χ1n) is 5.26. The highest BCUT2D eigenvalue weighted by Crippen LogP contribution is 2.26. The molecule has 0 bridgehead atoms. The number of nitrogens with two attached hydrogens (primary N) is 1. The van der Waals surface area contributed by atoms with Crippen LogP contribution in [0.1, 0.15) is 19.4 Å². The van der Waals surface area contributed by atoms with Crippen molar-refractivity contribution in [2.45, 2.75) is 20.3 Å². The number of aromatic amines is 1. The van der Waals surface area contributed by atoms with Gasteiger partial charge in [-0.3, -0.25) is 5.10 Å². The summed E-state index contributed by atoms with van der Waals surface area (Å²) in [5, 5.41) is 6.98. The number of hydrogen-bond donors (Lipinski definition) is 2. The summed E-state index contributed by atoms with van der Waals surface area (Å²) in [4.78, 5) is 7.98. The summed E-state index contributed by atoms with van der Waals surface area (Å²) in [5.74, 6) is 1.09. The van der Waals surface area contributed by atoms with E-state index in [1.807, 2.05) is 0 Å². The van der Waals surface area contributed by atoms with Crippen LogP contribution in [0.25, 0.3) is 11.3 Å². The molecule has 0 saturated carbocycles. The van der Waals surface area contributed by atoms with E-state index in [1.54, 1.807) is 12.4 Å². The fourth-order valence-corrected chi connectivity index (χ4v) is 1.66. The summed E-state index contributed by atoms with van der Waals surface area (Å²) in [6, 6.07) is 0. The Hall–Kier alpha value is -1.91. The van der Waals surface area contributed by atoms with E-state index in [0.717, 1.165) is 23.2 Å². The molecule has 5 nitrogen and oxygen atoms in total. The van der Waals surface area contributed by atoms with Crippen molar-refractivity contribution in [3.05, 3.63) is 24.3 Å². The molecule has 0 aliphatic rings. The van der Waals surface area contributed by atoms with E-state index in [2.05, 4.69) is 34.0 Å². The molecule has 0 atom stereocenters. The molecule has 0 amide bonds. The lowest BCUT2D eigenvalue weighted by Gasteiger charge is -2.06. The van der Waals surface area contributed by atoms with E-state index in [-0.39, 0.29) is 0 Å². The molecular formula is C11H15N5.